The molecular formula is C32H32Br2N4. The maximum Gasteiger partial charge on any atom is 0.0447 e. The van der Waals surface area contributed by atoms with Crippen molar-refractivity contribution >= 4 is 54.6 Å². The van der Waals surface area contributed by atoms with Crippen LogP contribution >= 0.6 is 31.9 Å². The summed E-state index contributed by atoms with van der Waals surface area (Å²) >= 11 is 7.30. The zero-order valence-electron chi connectivity index (χ0n) is 22.3. The third kappa shape index (κ3) is 4.69. The van der Waals surface area contributed by atoms with Gasteiger partial charge >= 0.3 is 0 Å². The number of nitrogens with zero attached hydrogens (tertiary/aromatic N) is 4. The zero-order valence-corrected chi connectivity index (χ0v) is 25.5. The fourth-order valence-electron chi connectivity index (χ4n) is 6.00. The van der Waals surface area contributed by atoms with Crippen LogP contribution in [0.3, 0.4) is 0 Å². The zero-order chi connectivity index (χ0) is 26.6. The summed E-state index contributed by atoms with van der Waals surface area (Å²) in [5.74, 6) is 0. The molecule has 4 aromatic carbocycles. The molecular weight excluding hydrogens is 600 g/mol. The van der Waals surface area contributed by atoms with Crippen LogP contribution in [0, 0.1) is 0 Å². The number of hydrogen-bond donors (Lipinski definition) is 0. The normalized spacial score (nSPS) is 15.0. The van der Waals surface area contributed by atoms with Gasteiger partial charge in [-0.15, -0.1) is 0 Å². The Morgan fingerprint density at radius 1 is 0.421 bits per heavy atom. The van der Waals surface area contributed by atoms with Crippen molar-refractivity contribution in [1.29, 1.82) is 0 Å². The van der Waals surface area contributed by atoms with E-state index in [-0.39, 0.29) is 0 Å². The third-order valence-electron chi connectivity index (χ3n) is 7.85. The van der Waals surface area contributed by atoms with E-state index in [9.17, 15) is 0 Å². The number of halogens is 2. The molecule has 38 heavy (non-hydrogen) atoms. The summed E-state index contributed by atoms with van der Waals surface area (Å²) in [6.07, 6.45) is 0. The van der Waals surface area contributed by atoms with Gasteiger partial charge in [0.2, 0.25) is 0 Å². The second-order valence-electron chi connectivity index (χ2n) is 10.7. The van der Waals surface area contributed by atoms with Crippen LogP contribution in [-0.2, 0) is 26.2 Å². The molecule has 194 valence electrons. The van der Waals surface area contributed by atoms with Gasteiger partial charge in [-0.3, -0.25) is 0 Å². The third-order valence-corrected chi connectivity index (χ3v) is 8.84. The van der Waals surface area contributed by atoms with Crippen molar-refractivity contribution in [3.8, 4) is 11.1 Å². The van der Waals surface area contributed by atoms with Crippen LogP contribution in [0.2, 0.25) is 0 Å². The highest BCUT2D eigenvalue weighted by Crippen LogP contribution is 2.38. The lowest BCUT2D eigenvalue weighted by Crippen LogP contribution is -2.27. The second-order valence-corrected chi connectivity index (χ2v) is 12.5. The van der Waals surface area contributed by atoms with Gasteiger partial charge in [-0.1, -0.05) is 44.0 Å². The van der Waals surface area contributed by atoms with Gasteiger partial charge in [-0.2, -0.15) is 0 Å². The van der Waals surface area contributed by atoms with Gasteiger partial charge in [0.05, 0.1) is 0 Å². The average Bonchev–Trinajstić information content (AvgIpc) is 2.87. The SMILES string of the molecule is CN1Cc2cc(-c3ccc4c(c3)CN(C)c3ccc(Br)cc3CN4C)ccc2N(C)Cc2cc(Br)ccc21. The van der Waals surface area contributed by atoms with Crippen molar-refractivity contribution in [3.05, 3.63) is 104 Å². The molecule has 6 rings (SSSR count). The monoisotopic (exact) mass is 630 g/mol. The fraction of sp³-hybridized carbons (Fsp3) is 0.250. The van der Waals surface area contributed by atoms with E-state index in [2.05, 4.69) is 152 Å². The molecule has 0 N–H and O–H groups in total. The van der Waals surface area contributed by atoms with Crippen molar-refractivity contribution in [2.75, 3.05) is 47.8 Å². The first-order valence-electron chi connectivity index (χ1n) is 12.9. The molecule has 0 aromatic heterocycles. The van der Waals surface area contributed by atoms with Crippen LogP contribution < -0.4 is 19.6 Å². The Bertz CT molecular complexity index is 1420. The van der Waals surface area contributed by atoms with Crippen LogP contribution in [-0.4, -0.2) is 28.2 Å². The molecule has 0 bridgehead atoms. The largest absolute Gasteiger partial charge is 0.370 e. The van der Waals surface area contributed by atoms with E-state index in [1.54, 1.807) is 0 Å². The molecule has 4 aromatic rings. The van der Waals surface area contributed by atoms with Crippen LogP contribution in [0.4, 0.5) is 22.7 Å². The van der Waals surface area contributed by atoms with E-state index >= 15 is 0 Å². The molecule has 2 aliphatic heterocycles. The van der Waals surface area contributed by atoms with Crippen LogP contribution in [0.15, 0.2) is 81.7 Å². The molecule has 0 saturated carbocycles. The number of rotatable bonds is 1. The molecule has 2 heterocycles. The molecule has 0 radical (unpaired) electrons. The first kappa shape index (κ1) is 25.3. The summed E-state index contributed by atoms with van der Waals surface area (Å²) in [7, 11) is 8.79. The minimum atomic E-state index is 0.866. The van der Waals surface area contributed by atoms with E-state index < -0.39 is 0 Å². The lowest BCUT2D eigenvalue weighted by atomic mass is 9.96. The van der Waals surface area contributed by atoms with Gasteiger partial charge in [0.15, 0.2) is 0 Å². The standard InChI is InChI=1S/C32H32Br2N4/c1-35-17-23-13-21(5-9-29(23)37(3)19-25-15-27(33)7-11-31(25)35)22-6-10-30-24(14-22)18-36(2)32-12-8-28(34)16-26(32)20-38(30)4/h5-16H,17-20H2,1-4H3. The Kier molecular flexibility index (Phi) is 6.65. The topological polar surface area (TPSA) is 13.0 Å². The minimum absolute atomic E-state index is 0.866. The highest BCUT2D eigenvalue weighted by atomic mass is 79.9. The molecule has 2 aliphatic rings. The first-order chi connectivity index (χ1) is 18.3. The fourth-order valence-corrected chi connectivity index (χ4v) is 6.81. The number of benzene rings is 4. The number of anilines is 4. The Morgan fingerprint density at radius 2 is 0.711 bits per heavy atom. The summed E-state index contributed by atoms with van der Waals surface area (Å²) in [6, 6.07) is 27.1. The van der Waals surface area contributed by atoms with E-state index in [1.165, 1.54) is 56.1 Å². The quantitative estimate of drug-likeness (QED) is 0.211. The Morgan fingerprint density at radius 3 is 1.05 bits per heavy atom. The second kappa shape index (κ2) is 9.97. The first-order valence-corrected chi connectivity index (χ1v) is 14.5. The van der Waals surface area contributed by atoms with Gasteiger partial charge in [0, 0.05) is 86.1 Å². The van der Waals surface area contributed by atoms with E-state index in [1.807, 2.05) is 0 Å². The minimum Gasteiger partial charge on any atom is -0.370 e. The Hall–Kier alpha value is -2.96. The molecule has 4 nitrogen and oxygen atoms in total. The van der Waals surface area contributed by atoms with Crippen molar-refractivity contribution in [3.63, 3.8) is 0 Å². The maximum absolute atomic E-state index is 3.65. The summed E-state index contributed by atoms with van der Waals surface area (Å²) < 4.78 is 2.25. The molecule has 6 heteroatoms. The highest BCUT2D eigenvalue weighted by molar-refractivity contribution is 9.10. The lowest BCUT2D eigenvalue weighted by molar-refractivity contribution is 0.835. The number of fused-ring (bicyclic) bond motifs is 4. The molecule has 0 amide bonds. The van der Waals surface area contributed by atoms with Crippen molar-refractivity contribution in [2.45, 2.75) is 26.2 Å². The van der Waals surface area contributed by atoms with E-state index in [0.717, 1.165) is 35.1 Å². The van der Waals surface area contributed by atoms with Crippen molar-refractivity contribution in [1.82, 2.24) is 0 Å². The van der Waals surface area contributed by atoms with Gasteiger partial charge in [0.1, 0.15) is 0 Å². The predicted molar refractivity (Wildman–Crippen MR) is 169 cm³/mol. The smallest absolute Gasteiger partial charge is 0.0447 e. The summed E-state index contributed by atoms with van der Waals surface area (Å²) in [6.45, 7) is 3.48. The Balaban J connectivity index is 1.35. The summed E-state index contributed by atoms with van der Waals surface area (Å²) in [5.41, 5.74) is 13.1. The van der Waals surface area contributed by atoms with Crippen LogP contribution in [0.25, 0.3) is 11.1 Å². The molecule has 0 saturated heterocycles. The molecule has 0 fully saturated rings. The predicted octanol–water partition coefficient (Wildman–Crippen LogP) is 8.05. The number of hydrogen-bond acceptors (Lipinski definition) is 4. The Labute approximate surface area is 242 Å². The van der Waals surface area contributed by atoms with Gasteiger partial charge < -0.3 is 19.6 Å². The maximum atomic E-state index is 3.65. The van der Waals surface area contributed by atoms with Crippen molar-refractivity contribution < 1.29 is 0 Å². The van der Waals surface area contributed by atoms with E-state index in [4.69, 9.17) is 0 Å². The van der Waals surface area contributed by atoms with E-state index in [0.29, 0.717) is 0 Å². The molecule has 0 atom stereocenters. The van der Waals surface area contributed by atoms with Gasteiger partial charge in [0.25, 0.3) is 0 Å². The van der Waals surface area contributed by atoms with Crippen molar-refractivity contribution in [2.24, 2.45) is 0 Å². The summed E-state index contributed by atoms with van der Waals surface area (Å²) in [4.78, 5) is 9.49. The van der Waals surface area contributed by atoms with Gasteiger partial charge in [-0.05, 0) is 94.0 Å². The highest BCUT2D eigenvalue weighted by Gasteiger charge is 2.21. The average molecular weight is 632 g/mol. The summed E-state index contributed by atoms with van der Waals surface area (Å²) in [5, 5.41) is 0. The van der Waals surface area contributed by atoms with Crippen LogP contribution in [0.5, 0.6) is 0 Å². The van der Waals surface area contributed by atoms with Crippen LogP contribution in [0.1, 0.15) is 22.3 Å². The van der Waals surface area contributed by atoms with Gasteiger partial charge in [-0.25, -0.2) is 0 Å². The molecule has 0 aliphatic carbocycles. The molecule has 0 spiro atoms. The lowest BCUT2D eigenvalue weighted by Gasteiger charge is -2.33. The molecule has 0 unspecified atom stereocenters.